The lowest BCUT2D eigenvalue weighted by Crippen LogP contribution is -2.41. The van der Waals surface area contributed by atoms with Gasteiger partial charge in [0.1, 0.15) is 0 Å². The van der Waals surface area contributed by atoms with E-state index >= 15 is 0 Å². The van der Waals surface area contributed by atoms with Crippen LogP contribution in [0.5, 0.6) is 0 Å². The molecule has 1 N–H and O–H groups in total. The number of benzene rings is 1. The van der Waals surface area contributed by atoms with Gasteiger partial charge in [-0.1, -0.05) is 12.1 Å². The second kappa shape index (κ2) is 6.73. The first kappa shape index (κ1) is 14.8. The topological polar surface area (TPSA) is 26.7 Å². The Labute approximate surface area is 124 Å². The fraction of sp³-hybridized carbons (Fsp3) is 0.600. The molecule has 106 valence electrons. The van der Waals surface area contributed by atoms with Gasteiger partial charge in [0.05, 0.1) is 5.69 Å². The summed E-state index contributed by atoms with van der Waals surface area (Å²) in [6.07, 6.45) is 1.97. The summed E-state index contributed by atoms with van der Waals surface area (Å²) in [6, 6.07) is 9.33. The molecule has 4 heteroatoms. The zero-order valence-corrected chi connectivity index (χ0v) is 13.3. The molecule has 0 aromatic heterocycles. The number of hydrogen-bond acceptors (Lipinski definition) is 3. The van der Waals surface area contributed by atoms with Gasteiger partial charge in [0, 0.05) is 36.3 Å². The maximum Gasteiger partial charge on any atom is 0.0513 e. The minimum atomic E-state index is 0.244. The second-order valence-electron chi connectivity index (χ2n) is 5.39. The van der Waals surface area contributed by atoms with E-state index < -0.39 is 0 Å². The molecule has 1 saturated heterocycles. The summed E-state index contributed by atoms with van der Waals surface area (Å²) in [5, 5.41) is 9.34. The highest BCUT2D eigenvalue weighted by Crippen LogP contribution is 2.30. The Morgan fingerprint density at radius 3 is 2.79 bits per heavy atom. The highest BCUT2D eigenvalue weighted by molar-refractivity contribution is 9.10. The first-order valence-corrected chi connectivity index (χ1v) is 7.75. The van der Waals surface area contributed by atoms with Crippen molar-refractivity contribution in [3.05, 3.63) is 28.7 Å². The predicted octanol–water partition coefficient (Wildman–Crippen LogP) is 2.73. The zero-order chi connectivity index (χ0) is 13.8. The molecular weight excluding hydrogens is 304 g/mol. The van der Waals surface area contributed by atoms with Crippen LogP contribution in [-0.4, -0.2) is 48.8 Å². The zero-order valence-electron chi connectivity index (χ0n) is 11.7. The number of aliphatic hydroxyl groups excluding tert-OH is 1. The van der Waals surface area contributed by atoms with Crippen molar-refractivity contribution < 1.29 is 5.11 Å². The molecule has 1 aliphatic heterocycles. The van der Waals surface area contributed by atoms with Crippen LogP contribution in [0, 0.1) is 0 Å². The molecule has 1 aromatic carbocycles. The first-order chi connectivity index (χ1) is 9.13. The number of para-hydroxylation sites is 1. The van der Waals surface area contributed by atoms with E-state index in [0.717, 1.165) is 30.4 Å². The van der Waals surface area contributed by atoms with Gasteiger partial charge in [0.15, 0.2) is 0 Å². The van der Waals surface area contributed by atoms with Crippen LogP contribution in [0.3, 0.4) is 0 Å². The molecule has 0 radical (unpaired) electrons. The molecule has 2 rings (SSSR count). The van der Waals surface area contributed by atoms with Gasteiger partial charge in [-0.2, -0.15) is 0 Å². The van der Waals surface area contributed by atoms with Crippen molar-refractivity contribution in [1.29, 1.82) is 0 Å². The van der Waals surface area contributed by atoms with E-state index in [9.17, 15) is 5.11 Å². The Morgan fingerprint density at radius 1 is 1.37 bits per heavy atom. The molecule has 0 saturated carbocycles. The van der Waals surface area contributed by atoms with E-state index in [4.69, 9.17) is 0 Å². The van der Waals surface area contributed by atoms with Crippen molar-refractivity contribution in [2.45, 2.75) is 31.8 Å². The quantitative estimate of drug-likeness (QED) is 0.925. The Hall–Kier alpha value is -0.580. The Kier molecular flexibility index (Phi) is 5.25. The van der Waals surface area contributed by atoms with E-state index in [-0.39, 0.29) is 6.61 Å². The van der Waals surface area contributed by atoms with Crippen molar-refractivity contribution in [3.63, 3.8) is 0 Å². The minimum absolute atomic E-state index is 0.244. The largest absolute Gasteiger partial charge is 0.396 e. The van der Waals surface area contributed by atoms with Crippen LogP contribution in [-0.2, 0) is 0 Å². The summed E-state index contributed by atoms with van der Waals surface area (Å²) in [4.78, 5) is 4.84. The molecule has 3 nitrogen and oxygen atoms in total. The van der Waals surface area contributed by atoms with Crippen molar-refractivity contribution >= 4 is 21.6 Å². The van der Waals surface area contributed by atoms with Crippen LogP contribution in [0.15, 0.2) is 28.7 Å². The number of hydrogen-bond donors (Lipinski definition) is 1. The summed E-state index contributed by atoms with van der Waals surface area (Å²) in [5.74, 6) is 0. The molecule has 1 heterocycles. The molecule has 1 aromatic rings. The molecule has 0 spiro atoms. The molecule has 2 unspecified atom stereocenters. The number of anilines is 1. The summed E-state index contributed by atoms with van der Waals surface area (Å²) >= 11 is 3.65. The number of rotatable bonds is 3. The maximum atomic E-state index is 9.34. The van der Waals surface area contributed by atoms with Gasteiger partial charge in [-0.05, 0) is 54.9 Å². The smallest absolute Gasteiger partial charge is 0.0513 e. The number of halogens is 1. The summed E-state index contributed by atoms with van der Waals surface area (Å²) in [7, 11) is 2.18. The number of nitrogens with zero attached hydrogens (tertiary/aromatic N) is 2. The third-order valence-electron chi connectivity index (χ3n) is 4.10. The van der Waals surface area contributed by atoms with Crippen molar-refractivity contribution in [1.82, 2.24) is 4.90 Å². The molecular formula is C15H23BrN2O. The van der Waals surface area contributed by atoms with E-state index in [1.807, 2.05) is 6.07 Å². The monoisotopic (exact) mass is 326 g/mol. The van der Waals surface area contributed by atoms with Gasteiger partial charge in [-0.15, -0.1) is 0 Å². The molecule has 1 fully saturated rings. The number of likely N-dealkylation sites (N-methyl/N-ethyl adjacent to an activating group) is 1. The van der Waals surface area contributed by atoms with E-state index in [1.54, 1.807) is 0 Å². The normalized spacial score (nSPS) is 25.4. The van der Waals surface area contributed by atoms with Crippen LogP contribution < -0.4 is 4.90 Å². The Balaban J connectivity index is 2.27. The van der Waals surface area contributed by atoms with Crippen LogP contribution >= 0.6 is 15.9 Å². The highest BCUT2D eigenvalue weighted by atomic mass is 79.9. The van der Waals surface area contributed by atoms with Crippen molar-refractivity contribution in [2.75, 3.05) is 31.6 Å². The van der Waals surface area contributed by atoms with Crippen LogP contribution in [0.1, 0.15) is 19.8 Å². The molecule has 2 atom stereocenters. The van der Waals surface area contributed by atoms with Gasteiger partial charge >= 0.3 is 0 Å². The molecule has 0 bridgehead atoms. The van der Waals surface area contributed by atoms with E-state index in [0.29, 0.717) is 12.1 Å². The van der Waals surface area contributed by atoms with Crippen LogP contribution in [0.25, 0.3) is 0 Å². The average molecular weight is 327 g/mol. The Morgan fingerprint density at radius 2 is 2.11 bits per heavy atom. The lowest BCUT2D eigenvalue weighted by Gasteiger charge is -2.33. The molecule has 0 amide bonds. The third kappa shape index (κ3) is 3.50. The standard InChI is InChI=1S/C15H23BrN2O/c1-12-7-9-18(13(8-10-19)11-17(12)2)15-6-4-3-5-14(15)16/h3-6,12-13,19H,7-11H2,1-2H3. The fourth-order valence-electron chi connectivity index (χ4n) is 2.74. The van der Waals surface area contributed by atoms with Gasteiger partial charge < -0.3 is 14.9 Å². The fourth-order valence-corrected chi connectivity index (χ4v) is 3.25. The SMILES string of the molecule is CC1CCN(c2ccccc2Br)C(CCO)CN1C. The Bertz CT molecular complexity index is 413. The van der Waals surface area contributed by atoms with Crippen molar-refractivity contribution in [2.24, 2.45) is 0 Å². The van der Waals surface area contributed by atoms with Gasteiger partial charge in [0.25, 0.3) is 0 Å². The lowest BCUT2D eigenvalue weighted by atomic mass is 10.1. The summed E-state index contributed by atoms with van der Waals surface area (Å²) in [6.45, 7) is 4.56. The summed E-state index contributed by atoms with van der Waals surface area (Å²) in [5.41, 5.74) is 1.24. The molecule has 19 heavy (non-hydrogen) atoms. The van der Waals surface area contributed by atoms with E-state index in [2.05, 4.69) is 57.9 Å². The van der Waals surface area contributed by atoms with E-state index in [1.165, 1.54) is 5.69 Å². The van der Waals surface area contributed by atoms with Crippen molar-refractivity contribution in [3.8, 4) is 0 Å². The first-order valence-electron chi connectivity index (χ1n) is 6.95. The molecule has 1 aliphatic rings. The maximum absolute atomic E-state index is 9.34. The van der Waals surface area contributed by atoms with Gasteiger partial charge in [-0.3, -0.25) is 0 Å². The second-order valence-corrected chi connectivity index (χ2v) is 6.24. The average Bonchev–Trinajstić information content (AvgIpc) is 2.52. The van der Waals surface area contributed by atoms with Crippen LogP contribution in [0.2, 0.25) is 0 Å². The minimum Gasteiger partial charge on any atom is -0.396 e. The predicted molar refractivity (Wildman–Crippen MR) is 83.7 cm³/mol. The van der Waals surface area contributed by atoms with Crippen LogP contribution in [0.4, 0.5) is 5.69 Å². The summed E-state index contributed by atoms with van der Waals surface area (Å²) < 4.78 is 1.13. The lowest BCUT2D eigenvalue weighted by molar-refractivity contribution is 0.227. The highest BCUT2D eigenvalue weighted by Gasteiger charge is 2.27. The molecule has 0 aliphatic carbocycles. The van der Waals surface area contributed by atoms with Gasteiger partial charge in [0.2, 0.25) is 0 Å². The number of aliphatic hydroxyl groups is 1. The van der Waals surface area contributed by atoms with Gasteiger partial charge in [-0.25, -0.2) is 0 Å². The third-order valence-corrected chi connectivity index (χ3v) is 4.77.